The minimum absolute atomic E-state index is 0.134. The van der Waals surface area contributed by atoms with Gasteiger partial charge >= 0.3 is 0 Å². The van der Waals surface area contributed by atoms with Crippen molar-refractivity contribution in [2.24, 2.45) is 0 Å². The predicted octanol–water partition coefficient (Wildman–Crippen LogP) is 5.26. The SMILES string of the molecule is CCCCN1C(=O)C(=O)/C(=C(\O)c2ccc(CC)cc2)C1c1cccc(OCCC)c1. The van der Waals surface area contributed by atoms with E-state index in [1.165, 1.54) is 0 Å². The highest BCUT2D eigenvalue weighted by atomic mass is 16.5. The number of unbranched alkanes of at least 4 members (excludes halogenated alkanes) is 1. The molecule has 1 heterocycles. The van der Waals surface area contributed by atoms with Gasteiger partial charge in [0.25, 0.3) is 11.7 Å². The molecule has 1 fully saturated rings. The van der Waals surface area contributed by atoms with Gasteiger partial charge in [-0.15, -0.1) is 0 Å². The third kappa shape index (κ3) is 4.82. The lowest BCUT2D eigenvalue weighted by atomic mass is 9.94. The molecule has 0 aromatic heterocycles. The van der Waals surface area contributed by atoms with Crippen molar-refractivity contribution in [2.45, 2.75) is 52.5 Å². The lowest BCUT2D eigenvalue weighted by molar-refractivity contribution is -0.139. The second-order valence-corrected chi connectivity index (χ2v) is 7.82. The van der Waals surface area contributed by atoms with Crippen molar-refractivity contribution in [1.82, 2.24) is 4.90 Å². The highest BCUT2D eigenvalue weighted by molar-refractivity contribution is 6.46. The number of aliphatic hydroxyl groups excluding tert-OH is 1. The Morgan fingerprint density at radius 3 is 2.42 bits per heavy atom. The first-order valence-corrected chi connectivity index (χ1v) is 11.1. The fraction of sp³-hybridized carbons (Fsp3) is 0.385. The van der Waals surface area contributed by atoms with E-state index in [2.05, 4.69) is 6.92 Å². The Morgan fingerprint density at radius 2 is 1.77 bits per heavy atom. The maximum Gasteiger partial charge on any atom is 0.295 e. The monoisotopic (exact) mass is 421 g/mol. The normalized spacial score (nSPS) is 17.9. The van der Waals surface area contributed by atoms with E-state index in [0.717, 1.165) is 36.8 Å². The maximum absolute atomic E-state index is 13.0. The van der Waals surface area contributed by atoms with Gasteiger partial charge in [0.2, 0.25) is 0 Å². The maximum atomic E-state index is 13.0. The van der Waals surface area contributed by atoms with Crippen LogP contribution in [0.25, 0.3) is 5.76 Å². The molecule has 5 heteroatoms. The third-order valence-electron chi connectivity index (χ3n) is 5.57. The van der Waals surface area contributed by atoms with Crippen LogP contribution >= 0.6 is 0 Å². The summed E-state index contributed by atoms with van der Waals surface area (Å²) in [5.41, 5.74) is 2.57. The molecule has 1 atom stereocenters. The summed E-state index contributed by atoms with van der Waals surface area (Å²) in [7, 11) is 0. The molecule has 2 aromatic rings. The van der Waals surface area contributed by atoms with Gasteiger partial charge in [-0.25, -0.2) is 0 Å². The molecule has 1 saturated heterocycles. The van der Waals surface area contributed by atoms with Gasteiger partial charge in [-0.3, -0.25) is 9.59 Å². The summed E-state index contributed by atoms with van der Waals surface area (Å²) < 4.78 is 5.76. The standard InChI is InChI=1S/C26H31NO4/c1-4-7-15-27-23(20-9-8-10-21(17-20)31-16-5-2)22(25(29)26(27)30)24(28)19-13-11-18(6-3)12-14-19/h8-14,17,23,28H,4-7,15-16H2,1-3H3/b24-22-. The Labute approximate surface area is 184 Å². The molecular formula is C26H31NO4. The number of likely N-dealkylation sites (tertiary alicyclic amines) is 1. The molecule has 31 heavy (non-hydrogen) atoms. The van der Waals surface area contributed by atoms with E-state index in [1.54, 1.807) is 17.0 Å². The number of aliphatic hydroxyl groups is 1. The highest BCUT2D eigenvalue weighted by Crippen LogP contribution is 2.40. The minimum Gasteiger partial charge on any atom is -0.507 e. The summed E-state index contributed by atoms with van der Waals surface area (Å²) in [6, 6.07) is 14.3. The van der Waals surface area contributed by atoms with Crippen molar-refractivity contribution in [1.29, 1.82) is 0 Å². The molecule has 1 unspecified atom stereocenters. The molecule has 1 amide bonds. The van der Waals surface area contributed by atoms with Crippen molar-refractivity contribution < 1.29 is 19.4 Å². The summed E-state index contributed by atoms with van der Waals surface area (Å²) in [5, 5.41) is 11.1. The number of carbonyl (C=O) groups excluding carboxylic acids is 2. The summed E-state index contributed by atoms with van der Waals surface area (Å²) in [4.78, 5) is 27.5. The molecule has 0 bridgehead atoms. The number of hydrogen-bond acceptors (Lipinski definition) is 4. The number of amides is 1. The molecule has 1 N–H and O–H groups in total. The van der Waals surface area contributed by atoms with Crippen LogP contribution in [0.5, 0.6) is 5.75 Å². The van der Waals surface area contributed by atoms with Gasteiger partial charge in [0.05, 0.1) is 18.2 Å². The van der Waals surface area contributed by atoms with E-state index in [4.69, 9.17) is 4.74 Å². The van der Waals surface area contributed by atoms with Crippen LogP contribution < -0.4 is 4.74 Å². The lowest BCUT2D eigenvalue weighted by Gasteiger charge is -2.25. The van der Waals surface area contributed by atoms with Crippen LogP contribution in [-0.4, -0.2) is 34.8 Å². The Morgan fingerprint density at radius 1 is 1.03 bits per heavy atom. The van der Waals surface area contributed by atoms with Crippen LogP contribution in [0.3, 0.4) is 0 Å². The van der Waals surface area contributed by atoms with Crippen LogP contribution in [0.4, 0.5) is 0 Å². The molecule has 2 aromatic carbocycles. The van der Waals surface area contributed by atoms with Crippen molar-refractivity contribution in [2.75, 3.05) is 13.2 Å². The number of rotatable bonds is 9. The smallest absolute Gasteiger partial charge is 0.295 e. The molecule has 0 saturated carbocycles. The van der Waals surface area contributed by atoms with Crippen molar-refractivity contribution in [3.05, 3.63) is 70.8 Å². The van der Waals surface area contributed by atoms with Crippen LogP contribution in [0.1, 0.15) is 62.8 Å². The molecule has 164 valence electrons. The van der Waals surface area contributed by atoms with E-state index in [-0.39, 0.29) is 11.3 Å². The molecule has 1 aliphatic heterocycles. The number of carbonyl (C=O) groups is 2. The molecule has 0 radical (unpaired) electrons. The Bertz CT molecular complexity index is 962. The number of ether oxygens (including phenoxy) is 1. The quantitative estimate of drug-likeness (QED) is 0.341. The highest BCUT2D eigenvalue weighted by Gasteiger charge is 2.45. The first-order valence-electron chi connectivity index (χ1n) is 11.1. The van der Waals surface area contributed by atoms with Gasteiger partial charge < -0.3 is 14.7 Å². The first-order chi connectivity index (χ1) is 15.0. The van der Waals surface area contributed by atoms with Gasteiger partial charge in [-0.1, -0.05) is 63.6 Å². The van der Waals surface area contributed by atoms with Gasteiger partial charge in [-0.2, -0.15) is 0 Å². The van der Waals surface area contributed by atoms with Crippen LogP contribution in [0.2, 0.25) is 0 Å². The molecular weight excluding hydrogens is 390 g/mol. The molecule has 1 aliphatic rings. The van der Waals surface area contributed by atoms with E-state index >= 15 is 0 Å². The molecule has 5 nitrogen and oxygen atoms in total. The number of ketones is 1. The van der Waals surface area contributed by atoms with Crippen LogP contribution in [-0.2, 0) is 16.0 Å². The summed E-state index contributed by atoms with van der Waals surface area (Å²) in [6.07, 6.45) is 3.44. The second kappa shape index (κ2) is 10.3. The predicted molar refractivity (Wildman–Crippen MR) is 122 cm³/mol. The Balaban J connectivity index is 2.10. The van der Waals surface area contributed by atoms with E-state index in [9.17, 15) is 14.7 Å². The Kier molecular flexibility index (Phi) is 7.50. The number of nitrogens with zero attached hydrogens (tertiary/aromatic N) is 1. The zero-order chi connectivity index (χ0) is 22.4. The first kappa shape index (κ1) is 22.6. The average molecular weight is 422 g/mol. The minimum atomic E-state index is -0.641. The summed E-state index contributed by atoms with van der Waals surface area (Å²) in [5.74, 6) is -0.652. The second-order valence-electron chi connectivity index (χ2n) is 7.82. The van der Waals surface area contributed by atoms with E-state index in [1.807, 2.05) is 50.2 Å². The fourth-order valence-corrected chi connectivity index (χ4v) is 3.83. The topological polar surface area (TPSA) is 66.8 Å². The zero-order valence-corrected chi connectivity index (χ0v) is 18.6. The molecule has 0 aliphatic carbocycles. The van der Waals surface area contributed by atoms with Gasteiger partial charge in [0, 0.05) is 12.1 Å². The number of Topliss-reactive ketones (excluding diaryl/α,β-unsaturated/α-hetero) is 1. The van der Waals surface area contributed by atoms with Crippen molar-refractivity contribution >= 4 is 17.4 Å². The van der Waals surface area contributed by atoms with Gasteiger partial charge in [-0.05, 0) is 42.5 Å². The number of benzene rings is 2. The summed E-state index contributed by atoms with van der Waals surface area (Å²) >= 11 is 0. The molecule has 3 rings (SSSR count). The van der Waals surface area contributed by atoms with E-state index in [0.29, 0.717) is 24.5 Å². The zero-order valence-electron chi connectivity index (χ0n) is 18.6. The van der Waals surface area contributed by atoms with Crippen molar-refractivity contribution in [3.8, 4) is 5.75 Å². The molecule has 0 spiro atoms. The Hall–Kier alpha value is -3.08. The number of aryl methyl sites for hydroxylation is 1. The lowest BCUT2D eigenvalue weighted by Crippen LogP contribution is -2.30. The van der Waals surface area contributed by atoms with Gasteiger partial charge in [0.1, 0.15) is 11.5 Å². The largest absolute Gasteiger partial charge is 0.507 e. The summed E-state index contributed by atoms with van der Waals surface area (Å²) in [6.45, 7) is 7.18. The number of hydrogen-bond donors (Lipinski definition) is 1. The fourth-order valence-electron chi connectivity index (χ4n) is 3.83. The third-order valence-corrected chi connectivity index (χ3v) is 5.57. The van der Waals surface area contributed by atoms with E-state index < -0.39 is 17.7 Å². The van der Waals surface area contributed by atoms with Crippen LogP contribution in [0, 0.1) is 0 Å². The average Bonchev–Trinajstić information content (AvgIpc) is 3.06. The van der Waals surface area contributed by atoms with Crippen molar-refractivity contribution in [3.63, 3.8) is 0 Å². The van der Waals surface area contributed by atoms with Gasteiger partial charge in [0.15, 0.2) is 0 Å². The van der Waals surface area contributed by atoms with Crippen LogP contribution in [0.15, 0.2) is 54.1 Å².